The standard InChI is InChI=1S/C49H38O4/c50-29-31-52-37-23-19-35(20-24-37)49(36-21-25-38(26-22-36)53-32-30-51)46-18-6-5-15-42(46)45-28-27-44(41-16-7-11-33-9-1-3-13-39(33)41)47(48(45)49)43-17-8-12-34-10-2-4-14-40(34)43/h1-28,50-51H,29-32H2. The zero-order valence-electron chi connectivity index (χ0n) is 29.2. The molecule has 0 heterocycles. The number of fused-ring (bicyclic) bond motifs is 5. The van der Waals surface area contributed by atoms with E-state index >= 15 is 0 Å². The SMILES string of the molecule is OCCOc1ccc(C2(c3ccc(OCCO)cc3)c3ccccc3-c3ccc(-c4cccc5ccccc45)c(-c4cccc5ccccc45)c32)cc1. The molecule has 8 aromatic carbocycles. The summed E-state index contributed by atoms with van der Waals surface area (Å²) >= 11 is 0. The Balaban J connectivity index is 1.45. The van der Waals surface area contributed by atoms with Gasteiger partial charge in [-0.05, 0) is 101 Å². The van der Waals surface area contributed by atoms with Gasteiger partial charge in [-0.2, -0.15) is 0 Å². The quantitative estimate of drug-likeness (QED) is 0.150. The van der Waals surface area contributed by atoms with Gasteiger partial charge in [0.25, 0.3) is 0 Å². The summed E-state index contributed by atoms with van der Waals surface area (Å²) < 4.78 is 11.8. The number of hydrogen-bond donors (Lipinski definition) is 2. The first-order chi connectivity index (χ1) is 26.2. The molecule has 1 aliphatic carbocycles. The third-order valence-corrected chi connectivity index (χ3v) is 10.6. The van der Waals surface area contributed by atoms with Gasteiger partial charge in [-0.1, -0.05) is 146 Å². The maximum absolute atomic E-state index is 9.49. The molecule has 0 amide bonds. The van der Waals surface area contributed by atoms with E-state index in [1.807, 2.05) is 24.3 Å². The second kappa shape index (κ2) is 13.7. The van der Waals surface area contributed by atoms with Crippen LogP contribution in [0.15, 0.2) is 170 Å². The van der Waals surface area contributed by atoms with E-state index in [9.17, 15) is 10.2 Å². The minimum absolute atomic E-state index is 0.0531. The van der Waals surface area contributed by atoms with Crippen LogP contribution in [-0.4, -0.2) is 36.6 Å². The lowest BCUT2D eigenvalue weighted by molar-refractivity contribution is 0.201. The molecule has 8 aromatic rings. The van der Waals surface area contributed by atoms with Crippen LogP contribution in [0, 0.1) is 0 Å². The van der Waals surface area contributed by atoms with E-state index in [0.717, 1.165) is 11.1 Å². The molecule has 0 radical (unpaired) electrons. The second-order valence-corrected chi connectivity index (χ2v) is 13.5. The fraction of sp³-hybridized carbons (Fsp3) is 0.102. The minimum atomic E-state index is -0.746. The maximum Gasteiger partial charge on any atom is 0.119 e. The highest BCUT2D eigenvalue weighted by Gasteiger charge is 2.48. The van der Waals surface area contributed by atoms with E-state index < -0.39 is 5.41 Å². The number of ether oxygens (including phenoxy) is 2. The molecule has 4 heteroatoms. The maximum atomic E-state index is 9.49. The summed E-state index contributed by atoms with van der Waals surface area (Å²) in [5.41, 5.74) is 10.9. The van der Waals surface area contributed by atoms with Crippen molar-refractivity contribution in [2.75, 3.05) is 26.4 Å². The van der Waals surface area contributed by atoms with Gasteiger partial charge in [0.15, 0.2) is 0 Å². The van der Waals surface area contributed by atoms with Gasteiger partial charge in [0.2, 0.25) is 0 Å². The van der Waals surface area contributed by atoms with Gasteiger partial charge >= 0.3 is 0 Å². The summed E-state index contributed by atoms with van der Waals surface area (Å²) in [6.07, 6.45) is 0. The average molecular weight is 691 g/mol. The lowest BCUT2D eigenvalue weighted by Gasteiger charge is -2.36. The van der Waals surface area contributed by atoms with Gasteiger partial charge in [0, 0.05) is 0 Å². The predicted octanol–water partition coefficient (Wildman–Crippen LogP) is 10.4. The van der Waals surface area contributed by atoms with Gasteiger partial charge in [-0.15, -0.1) is 0 Å². The lowest BCUT2D eigenvalue weighted by atomic mass is 9.65. The molecular weight excluding hydrogens is 653 g/mol. The Bertz CT molecular complexity index is 2530. The highest BCUT2D eigenvalue weighted by Crippen LogP contribution is 2.61. The Morgan fingerprint density at radius 2 is 0.868 bits per heavy atom. The van der Waals surface area contributed by atoms with Crippen molar-refractivity contribution in [2.45, 2.75) is 5.41 Å². The number of rotatable bonds is 10. The fourth-order valence-electron chi connectivity index (χ4n) is 8.50. The van der Waals surface area contributed by atoms with E-state index in [1.165, 1.54) is 66.1 Å². The summed E-state index contributed by atoms with van der Waals surface area (Å²) in [6, 6.07) is 60.7. The van der Waals surface area contributed by atoms with E-state index in [-0.39, 0.29) is 26.4 Å². The Kier molecular flexibility index (Phi) is 8.47. The number of benzene rings is 8. The largest absolute Gasteiger partial charge is 0.491 e. The average Bonchev–Trinajstić information content (AvgIpc) is 3.53. The molecule has 0 bridgehead atoms. The molecule has 258 valence electrons. The molecule has 4 nitrogen and oxygen atoms in total. The third kappa shape index (κ3) is 5.38. The van der Waals surface area contributed by atoms with Crippen LogP contribution in [0.3, 0.4) is 0 Å². The molecule has 53 heavy (non-hydrogen) atoms. The topological polar surface area (TPSA) is 58.9 Å². The van der Waals surface area contributed by atoms with Crippen molar-refractivity contribution in [3.63, 3.8) is 0 Å². The van der Waals surface area contributed by atoms with Gasteiger partial charge in [-0.25, -0.2) is 0 Å². The predicted molar refractivity (Wildman–Crippen MR) is 215 cm³/mol. The van der Waals surface area contributed by atoms with Crippen LogP contribution in [0.25, 0.3) is 54.9 Å². The number of hydrogen-bond acceptors (Lipinski definition) is 4. The zero-order chi connectivity index (χ0) is 35.8. The molecule has 0 saturated carbocycles. The van der Waals surface area contributed by atoms with Crippen LogP contribution >= 0.6 is 0 Å². The highest BCUT2D eigenvalue weighted by atomic mass is 16.5. The molecular formula is C49H38O4. The summed E-state index contributed by atoms with van der Waals surface area (Å²) in [4.78, 5) is 0. The van der Waals surface area contributed by atoms with Gasteiger partial charge in [0.1, 0.15) is 24.7 Å². The second-order valence-electron chi connectivity index (χ2n) is 13.5. The van der Waals surface area contributed by atoms with Crippen LogP contribution in [0.2, 0.25) is 0 Å². The molecule has 9 rings (SSSR count). The molecule has 0 saturated heterocycles. The molecule has 0 atom stereocenters. The Morgan fingerprint density at radius 3 is 1.47 bits per heavy atom. The molecule has 0 aromatic heterocycles. The van der Waals surface area contributed by atoms with Crippen LogP contribution < -0.4 is 9.47 Å². The zero-order valence-corrected chi connectivity index (χ0v) is 29.2. The number of aliphatic hydroxyl groups excluding tert-OH is 2. The first-order valence-corrected chi connectivity index (χ1v) is 18.1. The summed E-state index contributed by atoms with van der Waals surface area (Å²) in [7, 11) is 0. The first kappa shape index (κ1) is 32.7. The van der Waals surface area contributed by atoms with Crippen molar-refractivity contribution >= 4 is 21.5 Å². The number of aliphatic hydroxyl groups is 2. The van der Waals surface area contributed by atoms with Crippen LogP contribution in [-0.2, 0) is 5.41 Å². The van der Waals surface area contributed by atoms with Crippen molar-refractivity contribution in [3.05, 3.63) is 192 Å². The molecule has 0 aliphatic heterocycles. The normalized spacial score (nSPS) is 12.8. The van der Waals surface area contributed by atoms with Crippen molar-refractivity contribution < 1.29 is 19.7 Å². The third-order valence-electron chi connectivity index (χ3n) is 10.6. The smallest absolute Gasteiger partial charge is 0.119 e. The van der Waals surface area contributed by atoms with E-state index in [0.29, 0.717) is 11.5 Å². The summed E-state index contributed by atoms with van der Waals surface area (Å²) in [6.45, 7) is 0.348. The van der Waals surface area contributed by atoms with Crippen molar-refractivity contribution in [3.8, 4) is 44.9 Å². The lowest BCUT2D eigenvalue weighted by Crippen LogP contribution is -2.29. The highest BCUT2D eigenvalue weighted by molar-refractivity contribution is 6.09. The van der Waals surface area contributed by atoms with Crippen molar-refractivity contribution in [2.24, 2.45) is 0 Å². The first-order valence-electron chi connectivity index (χ1n) is 18.1. The Morgan fingerprint density at radius 1 is 0.396 bits per heavy atom. The van der Waals surface area contributed by atoms with E-state index in [1.54, 1.807) is 0 Å². The Labute approximate surface area is 309 Å². The molecule has 0 spiro atoms. The summed E-state index contributed by atoms with van der Waals surface area (Å²) in [5.74, 6) is 1.41. The van der Waals surface area contributed by atoms with Gasteiger partial charge < -0.3 is 19.7 Å². The van der Waals surface area contributed by atoms with E-state index in [4.69, 9.17) is 9.47 Å². The monoisotopic (exact) mass is 690 g/mol. The van der Waals surface area contributed by atoms with Crippen LogP contribution in [0.4, 0.5) is 0 Å². The Hall–Kier alpha value is -6.20. The van der Waals surface area contributed by atoms with E-state index in [2.05, 4.69) is 146 Å². The van der Waals surface area contributed by atoms with Crippen LogP contribution in [0.5, 0.6) is 11.5 Å². The minimum Gasteiger partial charge on any atom is -0.491 e. The van der Waals surface area contributed by atoms with Crippen LogP contribution in [0.1, 0.15) is 22.3 Å². The van der Waals surface area contributed by atoms with Crippen molar-refractivity contribution in [1.29, 1.82) is 0 Å². The molecule has 1 aliphatic rings. The van der Waals surface area contributed by atoms with Crippen molar-refractivity contribution in [1.82, 2.24) is 0 Å². The molecule has 0 fully saturated rings. The van der Waals surface area contributed by atoms with Gasteiger partial charge in [0.05, 0.1) is 18.6 Å². The fourth-order valence-corrected chi connectivity index (χ4v) is 8.50. The summed E-state index contributed by atoms with van der Waals surface area (Å²) in [5, 5.41) is 23.8. The van der Waals surface area contributed by atoms with Gasteiger partial charge in [-0.3, -0.25) is 0 Å². The molecule has 2 N–H and O–H groups in total. The molecule has 0 unspecified atom stereocenters.